The van der Waals surface area contributed by atoms with E-state index in [2.05, 4.69) is 10.3 Å². The molecular formula is C21H14Cl2FN3O2. The Morgan fingerprint density at radius 2 is 1.97 bits per heavy atom. The lowest BCUT2D eigenvalue weighted by molar-refractivity contribution is 0.102. The first-order valence-corrected chi connectivity index (χ1v) is 9.36. The number of ether oxygens (including phenoxy) is 1. The highest BCUT2D eigenvalue weighted by Gasteiger charge is 2.15. The van der Waals surface area contributed by atoms with Crippen LogP contribution < -0.4 is 10.1 Å². The number of hydrogen-bond acceptors (Lipinski definition) is 3. The number of nitrogens with one attached hydrogen (secondary N) is 1. The van der Waals surface area contributed by atoms with Gasteiger partial charge in [-0.15, -0.1) is 0 Å². The van der Waals surface area contributed by atoms with Gasteiger partial charge in [0, 0.05) is 24.1 Å². The topological polar surface area (TPSA) is 55.6 Å². The van der Waals surface area contributed by atoms with Crippen LogP contribution in [0, 0.1) is 5.82 Å². The van der Waals surface area contributed by atoms with Crippen LogP contribution in [0.3, 0.4) is 0 Å². The fraction of sp³-hybridized carbons (Fsp3) is 0.0476. The molecule has 0 saturated carbocycles. The number of carbonyl (C=O) groups excluding carboxylic acids is 1. The number of rotatable bonds is 5. The molecule has 0 atom stereocenters. The van der Waals surface area contributed by atoms with E-state index >= 15 is 0 Å². The minimum Gasteiger partial charge on any atom is -0.487 e. The quantitative estimate of drug-likeness (QED) is 0.419. The summed E-state index contributed by atoms with van der Waals surface area (Å²) in [5, 5.41) is 2.59. The van der Waals surface area contributed by atoms with E-state index in [4.69, 9.17) is 27.9 Å². The number of imidazole rings is 1. The Balaban J connectivity index is 1.45. The summed E-state index contributed by atoms with van der Waals surface area (Å²) in [6, 6.07) is 14.8. The molecule has 2 heterocycles. The Hall–Kier alpha value is -3.09. The fourth-order valence-corrected chi connectivity index (χ4v) is 3.24. The molecule has 4 aromatic rings. The summed E-state index contributed by atoms with van der Waals surface area (Å²) in [7, 11) is 0. The van der Waals surface area contributed by atoms with E-state index in [1.54, 1.807) is 24.3 Å². The summed E-state index contributed by atoms with van der Waals surface area (Å²) in [6.45, 7) is 0.271. The van der Waals surface area contributed by atoms with Crippen molar-refractivity contribution in [3.8, 4) is 5.75 Å². The molecule has 8 heteroatoms. The van der Waals surface area contributed by atoms with E-state index in [9.17, 15) is 9.18 Å². The van der Waals surface area contributed by atoms with Gasteiger partial charge in [-0.1, -0.05) is 35.3 Å². The monoisotopic (exact) mass is 429 g/mol. The van der Waals surface area contributed by atoms with Crippen molar-refractivity contribution in [1.82, 2.24) is 9.38 Å². The Morgan fingerprint density at radius 1 is 1.10 bits per heavy atom. The Bertz CT molecular complexity index is 1180. The highest BCUT2D eigenvalue weighted by molar-refractivity contribution is 6.37. The van der Waals surface area contributed by atoms with Crippen molar-refractivity contribution >= 4 is 40.4 Å². The summed E-state index contributed by atoms with van der Waals surface area (Å²) >= 11 is 11.7. The van der Waals surface area contributed by atoms with Gasteiger partial charge in [0.05, 0.1) is 21.3 Å². The zero-order chi connectivity index (χ0) is 20.4. The van der Waals surface area contributed by atoms with Crippen LogP contribution in [0.5, 0.6) is 5.75 Å². The average molecular weight is 430 g/mol. The van der Waals surface area contributed by atoms with Gasteiger partial charge in [-0.3, -0.25) is 4.79 Å². The van der Waals surface area contributed by atoms with Crippen LogP contribution in [0.4, 0.5) is 10.1 Å². The van der Waals surface area contributed by atoms with Gasteiger partial charge >= 0.3 is 0 Å². The minimum atomic E-state index is -0.717. The maximum Gasteiger partial charge on any atom is 0.257 e. The Morgan fingerprint density at radius 3 is 2.79 bits per heavy atom. The van der Waals surface area contributed by atoms with Crippen molar-refractivity contribution in [1.29, 1.82) is 0 Å². The first-order valence-electron chi connectivity index (χ1n) is 8.61. The van der Waals surface area contributed by atoms with Crippen LogP contribution in [0.2, 0.25) is 10.0 Å². The first-order chi connectivity index (χ1) is 14.0. The predicted molar refractivity (Wildman–Crippen MR) is 110 cm³/mol. The molecule has 0 unspecified atom stereocenters. The lowest BCUT2D eigenvalue weighted by Crippen LogP contribution is -2.13. The lowest BCUT2D eigenvalue weighted by Gasteiger charge is -2.10. The number of carbonyl (C=O) groups is 1. The molecule has 4 rings (SSSR count). The molecule has 2 aromatic heterocycles. The van der Waals surface area contributed by atoms with Crippen LogP contribution in [0.25, 0.3) is 5.65 Å². The van der Waals surface area contributed by atoms with Crippen LogP contribution in [-0.2, 0) is 6.61 Å². The molecule has 29 heavy (non-hydrogen) atoms. The van der Waals surface area contributed by atoms with Gasteiger partial charge in [0.2, 0.25) is 0 Å². The second-order valence-corrected chi connectivity index (χ2v) is 7.03. The molecule has 0 aliphatic heterocycles. The third-order valence-corrected chi connectivity index (χ3v) is 4.75. The van der Waals surface area contributed by atoms with Gasteiger partial charge in [0.25, 0.3) is 5.91 Å². The molecule has 1 N–H and O–H groups in total. The van der Waals surface area contributed by atoms with E-state index in [1.165, 1.54) is 6.07 Å². The molecule has 1 amide bonds. The summed E-state index contributed by atoms with van der Waals surface area (Å²) < 4.78 is 21.3. The molecule has 0 aliphatic carbocycles. The molecule has 0 spiro atoms. The van der Waals surface area contributed by atoms with Crippen LogP contribution in [0.15, 0.2) is 67.0 Å². The number of pyridine rings is 1. The lowest BCUT2D eigenvalue weighted by atomic mass is 10.2. The van der Waals surface area contributed by atoms with Gasteiger partial charge in [0.15, 0.2) is 0 Å². The van der Waals surface area contributed by atoms with E-state index in [0.29, 0.717) is 11.4 Å². The molecule has 0 bridgehead atoms. The van der Waals surface area contributed by atoms with Crippen LogP contribution in [0.1, 0.15) is 16.1 Å². The van der Waals surface area contributed by atoms with E-state index in [0.717, 1.165) is 17.4 Å². The van der Waals surface area contributed by atoms with Crippen molar-refractivity contribution in [3.05, 3.63) is 94.1 Å². The first kappa shape index (κ1) is 19.2. The molecule has 5 nitrogen and oxygen atoms in total. The number of halogens is 3. The number of amides is 1. The number of fused-ring (bicyclic) bond motifs is 1. The van der Waals surface area contributed by atoms with Crippen molar-refractivity contribution in [2.75, 3.05) is 5.32 Å². The Kier molecular flexibility index (Phi) is 5.38. The van der Waals surface area contributed by atoms with Crippen LogP contribution in [-0.4, -0.2) is 15.3 Å². The smallest absolute Gasteiger partial charge is 0.257 e. The molecule has 146 valence electrons. The number of aromatic nitrogens is 2. The predicted octanol–water partition coefficient (Wildman–Crippen LogP) is 5.61. The highest BCUT2D eigenvalue weighted by Crippen LogP contribution is 2.26. The van der Waals surface area contributed by atoms with Gasteiger partial charge in [0.1, 0.15) is 23.8 Å². The number of hydrogen-bond donors (Lipinski definition) is 1. The highest BCUT2D eigenvalue weighted by atomic mass is 35.5. The maximum absolute atomic E-state index is 13.7. The standard InChI is InChI=1S/C21H14Cl2FN3O2/c22-17-10-18(23)19(24)9-16(17)21(28)26-13-4-3-5-15(8-13)29-12-14-11-27-7-2-1-6-20(27)25-14/h1-11H,12H2,(H,26,28). The van der Waals surface area contributed by atoms with Crippen molar-refractivity contribution in [2.45, 2.75) is 6.61 Å². The average Bonchev–Trinajstić information content (AvgIpc) is 3.12. The van der Waals surface area contributed by atoms with Gasteiger partial charge in [-0.2, -0.15) is 0 Å². The SMILES string of the molecule is O=C(Nc1cccc(OCc2cn3ccccc3n2)c1)c1cc(F)c(Cl)cc1Cl. The van der Waals surface area contributed by atoms with Crippen molar-refractivity contribution in [2.24, 2.45) is 0 Å². The van der Waals surface area contributed by atoms with Gasteiger partial charge in [-0.25, -0.2) is 9.37 Å². The summed E-state index contributed by atoms with van der Waals surface area (Å²) in [4.78, 5) is 16.9. The summed E-state index contributed by atoms with van der Waals surface area (Å²) in [5.41, 5.74) is 2.08. The normalized spacial score (nSPS) is 10.9. The number of nitrogens with zero attached hydrogens (tertiary/aromatic N) is 2. The zero-order valence-corrected chi connectivity index (χ0v) is 16.4. The zero-order valence-electron chi connectivity index (χ0n) is 14.9. The second kappa shape index (κ2) is 8.11. The molecule has 0 radical (unpaired) electrons. The fourth-order valence-electron chi connectivity index (χ4n) is 2.77. The molecule has 0 fully saturated rings. The molecule has 0 saturated heterocycles. The number of benzene rings is 2. The van der Waals surface area contributed by atoms with Crippen molar-refractivity contribution < 1.29 is 13.9 Å². The largest absolute Gasteiger partial charge is 0.487 e. The maximum atomic E-state index is 13.7. The van der Waals surface area contributed by atoms with Crippen LogP contribution >= 0.6 is 23.2 Å². The van der Waals surface area contributed by atoms with E-state index < -0.39 is 11.7 Å². The molecule has 2 aromatic carbocycles. The van der Waals surface area contributed by atoms with Gasteiger partial charge in [-0.05, 0) is 36.4 Å². The van der Waals surface area contributed by atoms with E-state index in [-0.39, 0.29) is 22.2 Å². The Labute approximate surface area is 175 Å². The third kappa shape index (κ3) is 4.34. The summed E-state index contributed by atoms with van der Waals surface area (Å²) in [6.07, 6.45) is 3.80. The minimum absolute atomic E-state index is 0.00964. The third-order valence-electron chi connectivity index (χ3n) is 4.15. The second-order valence-electron chi connectivity index (χ2n) is 6.22. The van der Waals surface area contributed by atoms with E-state index in [1.807, 2.05) is 35.0 Å². The summed E-state index contributed by atoms with van der Waals surface area (Å²) in [5.74, 6) is -0.720. The molecular weight excluding hydrogens is 416 g/mol. The van der Waals surface area contributed by atoms with Gasteiger partial charge < -0.3 is 14.5 Å². The number of anilines is 1. The van der Waals surface area contributed by atoms with Crippen molar-refractivity contribution in [3.63, 3.8) is 0 Å². The molecule has 0 aliphatic rings.